The van der Waals surface area contributed by atoms with Gasteiger partial charge in [0.1, 0.15) is 0 Å². The molecule has 0 saturated heterocycles. The number of urea groups is 1. The Morgan fingerprint density at radius 2 is 2.05 bits per heavy atom. The van der Waals surface area contributed by atoms with Gasteiger partial charge in [-0.25, -0.2) is 4.79 Å². The zero-order valence-electron chi connectivity index (χ0n) is 11.8. The molecule has 0 unspecified atom stereocenters. The number of hydrogen-bond donors (Lipinski definition) is 2. The third-order valence-corrected chi connectivity index (χ3v) is 4.25. The van der Waals surface area contributed by atoms with Gasteiger partial charge >= 0.3 is 6.03 Å². The molecule has 22 heavy (non-hydrogen) atoms. The van der Waals surface area contributed by atoms with Crippen LogP contribution in [0.4, 0.5) is 4.79 Å². The average Bonchev–Trinajstić information content (AvgIpc) is 2.95. The molecule has 1 heterocycles. The molecule has 1 atom stereocenters. The summed E-state index contributed by atoms with van der Waals surface area (Å²) in [5.74, 6) is -0.0844. The first kappa shape index (κ1) is 16.5. The SMILES string of the molecule is CNC(=O)NC(=O)[C@H](C)Sc1nnc(-c2ccccc2Br)o1. The van der Waals surface area contributed by atoms with Crippen LogP contribution >= 0.6 is 27.7 Å². The second kappa shape index (κ2) is 7.41. The number of nitrogens with one attached hydrogen (secondary N) is 2. The molecular weight excluding hydrogens is 372 g/mol. The molecule has 116 valence electrons. The Balaban J connectivity index is 2.05. The standard InChI is InChI=1S/C13H13BrN4O3S/c1-7(10(19)16-12(20)15-2)22-13-18-17-11(21-13)8-5-3-4-6-9(8)14/h3-7H,1-2H3,(H2,15,16,19,20)/t7-/m0/s1. The minimum atomic E-state index is -0.558. The first-order chi connectivity index (χ1) is 10.5. The molecule has 7 nitrogen and oxygen atoms in total. The van der Waals surface area contributed by atoms with Crippen LogP contribution in [0, 0.1) is 0 Å². The maximum absolute atomic E-state index is 11.8. The normalized spacial score (nSPS) is 11.8. The predicted octanol–water partition coefficient (Wildman–Crippen LogP) is 2.44. The van der Waals surface area contributed by atoms with Crippen LogP contribution in [0.2, 0.25) is 0 Å². The molecule has 1 aromatic carbocycles. The molecule has 0 radical (unpaired) electrons. The summed E-state index contributed by atoms with van der Waals surface area (Å²) in [6.07, 6.45) is 0. The zero-order chi connectivity index (χ0) is 16.1. The van der Waals surface area contributed by atoms with E-state index in [2.05, 4.69) is 36.8 Å². The molecule has 1 aromatic heterocycles. The summed E-state index contributed by atoms with van der Waals surface area (Å²) in [6.45, 7) is 1.64. The van der Waals surface area contributed by atoms with Crippen molar-refractivity contribution >= 4 is 39.6 Å². The Hall–Kier alpha value is -1.87. The Kier molecular flexibility index (Phi) is 5.56. The quantitative estimate of drug-likeness (QED) is 0.785. The van der Waals surface area contributed by atoms with Crippen LogP contribution in [-0.4, -0.2) is 34.4 Å². The number of carbonyl (C=O) groups excluding carboxylic acids is 2. The first-order valence-corrected chi connectivity index (χ1v) is 7.96. The number of nitrogens with zero attached hydrogens (tertiary/aromatic N) is 2. The van der Waals surface area contributed by atoms with E-state index in [9.17, 15) is 9.59 Å². The molecule has 2 aromatic rings. The van der Waals surface area contributed by atoms with Crippen molar-refractivity contribution in [3.8, 4) is 11.5 Å². The smallest absolute Gasteiger partial charge is 0.321 e. The second-order valence-corrected chi connectivity index (χ2v) is 6.33. The van der Waals surface area contributed by atoms with Gasteiger partial charge < -0.3 is 9.73 Å². The molecule has 0 saturated carbocycles. The van der Waals surface area contributed by atoms with Crippen LogP contribution in [0.5, 0.6) is 0 Å². The van der Waals surface area contributed by atoms with E-state index in [1.807, 2.05) is 24.3 Å². The van der Waals surface area contributed by atoms with Gasteiger partial charge in [-0.2, -0.15) is 0 Å². The van der Waals surface area contributed by atoms with Crippen molar-refractivity contribution in [2.75, 3.05) is 7.05 Å². The van der Waals surface area contributed by atoms with Crippen LogP contribution < -0.4 is 10.6 Å². The summed E-state index contributed by atoms with van der Waals surface area (Å²) in [4.78, 5) is 22.9. The molecule has 2 N–H and O–H groups in total. The molecule has 2 rings (SSSR count). The van der Waals surface area contributed by atoms with E-state index in [4.69, 9.17) is 4.42 Å². The van der Waals surface area contributed by atoms with E-state index in [0.29, 0.717) is 5.89 Å². The lowest BCUT2D eigenvalue weighted by molar-refractivity contribution is -0.119. The monoisotopic (exact) mass is 384 g/mol. The molecule has 0 aliphatic rings. The van der Waals surface area contributed by atoms with Gasteiger partial charge in [-0.1, -0.05) is 23.9 Å². The molecule has 0 fully saturated rings. The van der Waals surface area contributed by atoms with Crippen molar-refractivity contribution in [3.63, 3.8) is 0 Å². The van der Waals surface area contributed by atoms with Crippen molar-refractivity contribution < 1.29 is 14.0 Å². The predicted molar refractivity (Wildman–Crippen MR) is 85.4 cm³/mol. The maximum Gasteiger partial charge on any atom is 0.321 e. The maximum atomic E-state index is 11.8. The minimum absolute atomic E-state index is 0.255. The van der Waals surface area contributed by atoms with Crippen molar-refractivity contribution in [3.05, 3.63) is 28.7 Å². The van der Waals surface area contributed by atoms with Gasteiger partial charge in [-0.3, -0.25) is 10.1 Å². The van der Waals surface area contributed by atoms with E-state index >= 15 is 0 Å². The molecular formula is C13H13BrN4O3S. The topological polar surface area (TPSA) is 97.1 Å². The lowest BCUT2D eigenvalue weighted by Gasteiger charge is -2.07. The van der Waals surface area contributed by atoms with E-state index in [1.165, 1.54) is 7.05 Å². The number of rotatable bonds is 4. The number of aromatic nitrogens is 2. The van der Waals surface area contributed by atoms with Crippen molar-refractivity contribution in [2.45, 2.75) is 17.4 Å². The van der Waals surface area contributed by atoms with Gasteiger partial charge in [-0.15, -0.1) is 10.2 Å². The highest BCUT2D eigenvalue weighted by Crippen LogP contribution is 2.30. The molecule has 9 heteroatoms. The van der Waals surface area contributed by atoms with E-state index in [-0.39, 0.29) is 5.22 Å². The number of hydrogen-bond acceptors (Lipinski definition) is 6. The van der Waals surface area contributed by atoms with E-state index in [1.54, 1.807) is 6.92 Å². The number of amides is 3. The minimum Gasteiger partial charge on any atom is -0.411 e. The molecule has 0 aliphatic heterocycles. The van der Waals surface area contributed by atoms with Crippen LogP contribution in [0.25, 0.3) is 11.5 Å². The van der Waals surface area contributed by atoms with Crippen molar-refractivity contribution in [1.29, 1.82) is 0 Å². The number of carbonyl (C=O) groups is 2. The highest BCUT2D eigenvalue weighted by atomic mass is 79.9. The second-order valence-electron chi connectivity index (χ2n) is 4.18. The van der Waals surface area contributed by atoms with Gasteiger partial charge in [-0.05, 0) is 35.0 Å². The van der Waals surface area contributed by atoms with Crippen LogP contribution in [0.3, 0.4) is 0 Å². The Labute approximate surface area is 139 Å². The lowest BCUT2D eigenvalue weighted by atomic mass is 10.2. The van der Waals surface area contributed by atoms with Gasteiger partial charge in [0.2, 0.25) is 11.8 Å². The zero-order valence-corrected chi connectivity index (χ0v) is 14.2. The Morgan fingerprint density at radius 1 is 1.32 bits per heavy atom. The van der Waals surface area contributed by atoms with Gasteiger partial charge in [0, 0.05) is 11.5 Å². The fourth-order valence-electron chi connectivity index (χ4n) is 1.48. The number of benzene rings is 1. The summed E-state index contributed by atoms with van der Waals surface area (Å²) in [5.41, 5.74) is 0.768. The van der Waals surface area contributed by atoms with Crippen LogP contribution in [0.15, 0.2) is 38.4 Å². The largest absolute Gasteiger partial charge is 0.411 e. The van der Waals surface area contributed by atoms with Gasteiger partial charge in [0.05, 0.1) is 10.8 Å². The molecule has 0 aliphatic carbocycles. The highest BCUT2D eigenvalue weighted by Gasteiger charge is 2.20. The summed E-state index contributed by atoms with van der Waals surface area (Å²) in [7, 11) is 1.43. The fraction of sp³-hybridized carbons (Fsp3) is 0.231. The summed E-state index contributed by atoms with van der Waals surface area (Å²) in [5, 5.41) is 12.1. The van der Waals surface area contributed by atoms with Crippen LogP contribution in [0.1, 0.15) is 6.92 Å². The van der Waals surface area contributed by atoms with Gasteiger partial charge in [0.25, 0.3) is 5.22 Å². The van der Waals surface area contributed by atoms with Gasteiger partial charge in [0.15, 0.2) is 0 Å². The molecule has 0 spiro atoms. The van der Waals surface area contributed by atoms with Crippen molar-refractivity contribution in [2.24, 2.45) is 0 Å². The Morgan fingerprint density at radius 3 is 2.73 bits per heavy atom. The average molecular weight is 385 g/mol. The van der Waals surface area contributed by atoms with Crippen molar-refractivity contribution in [1.82, 2.24) is 20.8 Å². The third-order valence-electron chi connectivity index (χ3n) is 2.62. The number of thioether (sulfide) groups is 1. The van der Waals surface area contributed by atoms with Crippen LogP contribution in [-0.2, 0) is 4.79 Å². The summed E-state index contributed by atoms with van der Waals surface area (Å²) < 4.78 is 6.37. The number of imide groups is 1. The summed E-state index contributed by atoms with van der Waals surface area (Å²) >= 11 is 4.49. The van der Waals surface area contributed by atoms with E-state index < -0.39 is 17.2 Å². The third kappa shape index (κ3) is 4.08. The Bertz CT molecular complexity index is 691. The fourth-order valence-corrected chi connectivity index (χ4v) is 2.62. The number of halogens is 1. The highest BCUT2D eigenvalue weighted by molar-refractivity contribution is 9.10. The first-order valence-electron chi connectivity index (χ1n) is 6.29. The van der Waals surface area contributed by atoms with E-state index in [0.717, 1.165) is 21.8 Å². The summed E-state index contributed by atoms with van der Waals surface area (Å²) in [6, 6.07) is 6.89. The molecule has 0 bridgehead atoms. The lowest BCUT2D eigenvalue weighted by Crippen LogP contribution is -2.41. The molecule has 3 amide bonds.